The van der Waals surface area contributed by atoms with Crippen LogP contribution in [0.15, 0.2) is 36.4 Å². The third-order valence-electron chi connectivity index (χ3n) is 6.03. The summed E-state index contributed by atoms with van der Waals surface area (Å²) in [7, 11) is 0. The zero-order chi connectivity index (χ0) is 23.9. The maximum atomic E-state index is 13.4. The smallest absolute Gasteiger partial charge is 0.408 e. The highest BCUT2D eigenvalue weighted by Crippen LogP contribution is 2.45. The van der Waals surface area contributed by atoms with Crippen molar-refractivity contribution < 1.29 is 27.5 Å². The average molecular weight is 501 g/mol. The Morgan fingerprint density at radius 1 is 1.12 bits per heavy atom. The topological polar surface area (TPSA) is 67.4 Å². The number of halogens is 5. The second-order valence-corrected chi connectivity index (χ2v) is 9.15. The fourth-order valence-corrected chi connectivity index (χ4v) is 4.83. The van der Waals surface area contributed by atoms with Crippen LogP contribution in [0.4, 0.5) is 13.2 Å². The quantitative estimate of drug-likeness (QED) is 0.522. The van der Waals surface area contributed by atoms with Crippen LogP contribution >= 0.6 is 23.2 Å². The highest BCUT2D eigenvalue weighted by molar-refractivity contribution is 6.31. The summed E-state index contributed by atoms with van der Waals surface area (Å²) >= 11 is 12.2. The summed E-state index contributed by atoms with van der Waals surface area (Å²) in [6.45, 7) is 1.77. The molecule has 3 unspecified atom stereocenters. The molecular weight excluding hydrogens is 480 g/mol. The Labute approximate surface area is 198 Å². The first kappa shape index (κ1) is 23.7. The van der Waals surface area contributed by atoms with E-state index in [1.807, 2.05) is 5.32 Å². The number of carbonyl (C=O) groups excluding carboxylic acids is 2. The number of benzene rings is 2. The lowest BCUT2D eigenvalue weighted by Gasteiger charge is -2.37. The van der Waals surface area contributed by atoms with Crippen LogP contribution in [0.3, 0.4) is 0 Å². The van der Waals surface area contributed by atoms with Gasteiger partial charge in [0, 0.05) is 21.2 Å². The molecule has 0 aromatic heterocycles. The Balaban J connectivity index is 1.63. The number of nitrogens with one attached hydrogen (secondary N) is 2. The predicted octanol–water partition coefficient (Wildman–Crippen LogP) is 5.79. The van der Waals surface area contributed by atoms with E-state index in [4.69, 9.17) is 27.9 Å². The number of piperidine rings is 1. The molecule has 0 radical (unpaired) electrons. The number of rotatable bonds is 4. The summed E-state index contributed by atoms with van der Waals surface area (Å²) in [6, 6.07) is 7.22. The number of fused-ring (bicyclic) bond motifs is 2. The Morgan fingerprint density at radius 2 is 1.70 bits per heavy atom. The molecule has 4 rings (SSSR count). The van der Waals surface area contributed by atoms with Gasteiger partial charge in [0.25, 0.3) is 0 Å². The lowest BCUT2D eigenvalue weighted by atomic mass is 9.80. The zero-order valence-electron chi connectivity index (χ0n) is 17.5. The molecule has 0 bridgehead atoms. The minimum Gasteiger partial charge on any atom is -0.456 e. The molecule has 0 spiro atoms. The van der Waals surface area contributed by atoms with E-state index >= 15 is 0 Å². The van der Waals surface area contributed by atoms with Gasteiger partial charge >= 0.3 is 6.18 Å². The van der Waals surface area contributed by atoms with E-state index in [-0.39, 0.29) is 12.8 Å². The van der Waals surface area contributed by atoms with Crippen molar-refractivity contribution in [1.82, 2.24) is 10.6 Å². The van der Waals surface area contributed by atoms with Crippen LogP contribution in [-0.4, -0.2) is 24.0 Å². The minimum absolute atomic E-state index is 0.181. The monoisotopic (exact) mass is 500 g/mol. The molecule has 0 aliphatic carbocycles. The molecular formula is C23H21Cl2F3N2O3. The van der Waals surface area contributed by atoms with Gasteiger partial charge in [-0.3, -0.25) is 9.59 Å². The summed E-state index contributed by atoms with van der Waals surface area (Å²) in [5.41, 5.74) is 1.22. The molecule has 0 saturated carbocycles. The lowest BCUT2D eigenvalue weighted by Crippen LogP contribution is -2.59. The van der Waals surface area contributed by atoms with E-state index in [1.165, 1.54) is 0 Å². The molecule has 2 N–H and O–H groups in total. The average Bonchev–Trinajstić information content (AvgIpc) is 2.73. The van der Waals surface area contributed by atoms with Gasteiger partial charge in [-0.2, -0.15) is 13.2 Å². The van der Waals surface area contributed by atoms with Crippen molar-refractivity contribution in [2.24, 2.45) is 11.8 Å². The highest BCUT2D eigenvalue weighted by Gasteiger charge is 2.51. The van der Waals surface area contributed by atoms with E-state index in [1.54, 1.807) is 43.3 Å². The molecule has 10 heteroatoms. The number of amides is 2. The first-order valence-corrected chi connectivity index (χ1v) is 11.3. The third-order valence-corrected chi connectivity index (χ3v) is 6.50. The molecule has 2 amide bonds. The van der Waals surface area contributed by atoms with Crippen molar-refractivity contribution in [3.8, 4) is 11.5 Å². The van der Waals surface area contributed by atoms with Crippen LogP contribution in [-0.2, 0) is 9.59 Å². The van der Waals surface area contributed by atoms with Crippen LogP contribution in [0.25, 0.3) is 0 Å². The number of ether oxygens (including phenoxy) is 1. The van der Waals surface area contributed by atoms with E-state index in [0.717, 1.165) is 0 Å². The molecule has 176 valence electrons. The molecule has 2 aromatic rings. The first-order chi connectivity index (χ1) is 15.6. The van der Waals surface area contributed by atoms with E-state index in [2.05, 4.69) is 5.32 Å². The highest BCUT2D eigenvalue weighted by atomic mass is 35.5. The number of carbonyl (C=O) groups is 2. The van der Waals surface area contributed by atoms with Gasteiger partial charge in [-0.15, -0.1) is 0 Å². The van der Waals surface area contributed by atoms with Crippen LogP contribution < -0.4 is 15.4 Å². The number of hydrogen-bond donors (Lipinski definition) is 2. The normalized spacial score (nSPS) is 22.6. The minimum atomic E-state index is -4.58. The van der Waals surface area contributed by atoms with Gasteiger partial charge in [0.2, 0.25) is 11.8 Å². The van der Waals surface area contributed by atoms with Gasteiger partial charge < -0.3 is 15.4 Å². The van der Waals surface area contributed by atoms with Crippen LogP contribution in [0.1, 0.15) is 43.4 Å². The van der Waals surface area contributed by atoms with Crippen molar-refractivity contribution in [1.29, 1.82) is 0 Å². The fourth-order valence-electron chi connectivity index (χ4n) is 4.50. The van der Waals surface area contributed by atoms with Crippen LogP contribution in [0.2, 0.25) is 10.0 Å². The molecule has 1 saturated heterocycles. The number of alkyl halides is 3. The molecule has 33 heavy (non-hydrogen) atoms. The summed E-state index contributed by atoms with van der Waals surface area (Å²) in [6.07, 6.45) is -4.01. The molecule has 1 fully saturated rings. The summed E-state index contributed by atoms with van der Waals surface area (Å²) in [4.78, 5) is 25.7. The van der Waals surface area contributed by atoms with Crippen LogP contribution in [0.5, 0.6) is 11.5 Å². The van der Waals surface area contributed by atoms with Crippen molar-refractivity contribution in [3.63, 3.8) is 0 Å². The molecule has 2 heterocycles. The molecule has 2 aliphatic heterocycles. The standard InChI is InChI=1S/C23H21Cl2F3N2O3/c1-2-3-11-8-16(22(32)30-20(11)23(26,27)28)21(31)29-19-14-6-4-12(24)9-17(14)33-18-10-13(25)5-7-15(18)19/h4-7,9-11,16,19-20H,2-3,8H2,1H3,(H,29,31)(H,30,32). The largest absolute Gasteiger partial charge is 0.456 e. The molecule has 3 atom stereocenters. The van der Waals surface area contributed by atoms with Gasteiger partial charge in [0.15, 0.2) is 0 Å². The van der Waals surface area contributed by atoms with Gasteiger partial charge in [0.1, 0.15) is 23.5 Å². The first-order valence-electron chi connectivity index (χ1n) is 10.5. The number of hydrogen-bond acceptors (Lipinski definition) is 3. The molecule has 2 aliphatic rings. The zero-order valence-corrected chi connectivity index (χ0v) is 19.0. The Kier molecular flexibility index (Phi) is 6.51. The molecule has 2 aromatic carbocycles. The van der Waals surface area contributed by atoms with Gasteiger partial charge in [-0.1, -0.05) is 48.7 Å². The molecule has 5 nitrogen and oxygen atoms in total. The van der Waals surface area contributed by atoms with Gasteiger partial charge in [-0.25, -0.2) is 0 Å². The van der Waals surface area contributed by atoms with E-state index in [0.29, 0.717) is 39.1 Å². The van der Waals surface area contributed by atoms with E-state index in [9.17, 15) is 22.8 Å². The second-order valence-electron chi connectivity index (χ2n) is 8.27. The van der Waals surface area contributed by atoms with Crippen molar-refractivity contribution in [3.05, 3.63) is 57.6 Å². The maximum Gasteiger partial charge on any atom is 0.408 e. The SMILES string of the molecule is CCCC1CC(C(=O)NC2c3ccc(Cl)cc3Oc3cc(Cl)ccc32)C(=O)NC1C(F)(F)F. The Bertz CT molecular complexity index is 1040. The lowest BCUT2D eigenvalue weighted by molar-refractivity contribution is -0.182. The summed E-state index contributed by atoms with van der Waals surface area (Å²) in [5.74, 6) is -2.87. The van der Waals surface area contributed by atoms with Crippen molar-refractivity contribution >= 4 is 35.0 Å². The Morgan fingerprint density at radius 3 is 2.21 bits per heavy atom. The summed E-state index contributed by atoms with van der Waals surface area (Å²) < 4.78 is 46.2. The maximum absolute atomic E-state index is 13.4. The van der Waals surface area contributed by atoms with E-state index < -0.39 is 41.9 Å². The second kappa shape index (κ2) is 9.06. The Hall–Kier alpha value is -2.45. The predicted molar refractivity (Wildman–Crippen MR) is 117 cm³/mol. The van der Waals surface area contributed by atoms with Gasteiger partial charge in [0.05, 0.1) is 6.04 Å². The van der Waals surface area contributed by atoms with Gasteiger partial charge in [-0.05, 0) is 43.0 Å². The van der Waals surface area contributed by atoms with Crippen molar-refractivity contribution in [2.45, 2.75) is 44.4 Å². The fraction of sp³-hybridized carbons (Fsp3) is 0.391. The van der Waals surface area contributed by atoms with Crippen molar-refractivity contribution in [2.75, 3.05) is 0 Å². The summed E-state index contributed by atoms with van der Waals surface area (Å²) in [5, 5.41) is 5.72. The third kappa shape index (κ3) is 4.77. The van der Waals surface area contributed by atoms with Crippen LogP contribution in [0, 0.1) is 11.8 Å².